The summed E-state index contributed by atoms with van der Waals surface area (Å²) in [5, 5.41) is 23.6. The molecule has 1 aliphatic heterocycles. The molecule has 1 heterocycles. The van der Waals surface area contributed by atoms with Gasteiger partial charge in [-0.1, -0.05) is 24.3 Å². The van der Waals surface area contributed by atoms with Crippen molar-refractivity contribution in [2.75, 3.05) is 20.1 Å². The van der Waals surface area contributed by atoms with Crippen molar-refractivity contribution in [3.05, 3.63) is 64.5 Å². The molecule has 238 valence electrons. The topological polar surface area (TPSA) is 129 Å². The van der Waals surface area contributed by atoms with E-state index in [9.17, 15) is 24.6 Å². The highest BCUT2D eigenvalue weighted by Gasteiger charge is 2.62. The SMILES string of the molecule is BC(B)(c1c(C)cccc1OCc1ccc(CN2CC(C)OC(C)C2)cc1F)N(C=O)C(B)(C(=O)NC)C(B)(O)C(B)(O)C=O. The quantitative estimate of drug-likeness (QED) is 0.154. The van der Waals surface area contributed by atoms with Crippen LogP contribution in [0, 0.1) is 12.7 Å². The molecule has 0 bridgehead atoms. The predicted molar refractivity (Wildman–Crippen MR) is 182 cm³/mol. The van der Waals surface area contributed by atoms with Gasteiger partial charge in [0, 0.05) is 43.1 Å². The van der Waals surface area contributed by atoms with Gasteiger partial charge in [0.05, 0.1) is 17.7 Å². The minimum atomic E-state index is -2.45. The fourth-order valence-electron chi connectivity index (χ4n) is 6.51. The predicted octanol–water partition coefficient (Wildman–Crippen LogP) is -3.93. The molecule has 0 aromatic heterocycles. The van der Waals surface area contributed by atoms with Crippen LogP contribution >= 0.6 is 0 Å². The number of aliphatic hydroxyl groups is 2. The van der Waals surface area contributed by atoms with E-state index in [0.717, 1.165) is 39.2 Å². The molecule has 0 spiro atoms. The molecule has 0 radical (unpaired) electrons. The molecule has 1 aliphatic rings. The minimum absolute atomic E-state index is 0.104. The Morgan fingerprint density at radius 3 is 2.29 bits per heavy atom. The third-order valence-electron chi connectivity index (χ3n) is 9.27. The highest BCUT2D eigenvalue weighted by atomic mass is 19.1. The van der Waals surface area contributed by atoms with Crippen LogP contribution in [0.2, 0.25) is 0 Å². The van der Waals surface area contributed by atoms with Crippen LogP contribution in [0.5, 0.6) is 5.75 Å². The normalized spacial score (nSPS) is 21.4. The molecule has 1 fully saturated rings. The molecule has 3 N–H and O–H groups in total. The number of amides is 2. The van der Waals surface area contributed by atoms with Crippen molar-refractivity contribution < 1.29 is 38.5 Å². The number of likely N-dealkylation sites (N-methyl/N-ethyl adjacent to an activating group) is 1. The number of morpholine rings is 1. The second-order valence-corrected chi connectivity index (χ2v) is 13.1. The number of nitrogens with one attached hydrogen (secondary N) is 1. The van der Waals surface area contributed by atoms with Gasteiger partial charge in [-0.05, 0) is 44.0 Å². The van der Waals surface area contributed by atoms with E-state index in [-0.39, 0.29) is 25.1 Å². The lowest BCUT2D eigenvalue weighted by Crippen LogP contribution is -2.82. The lowest BCUT2D eigenvalue weighted by molar-refractivity contribution is -0.161. The number of nitrogens with zero attached hydrogens (tertiary/aromatic N) is 2. The molecule has 16 heteroatoms. The number of hydrogen-bond donors (Lipinski definition) is 3. The Morgan fingerprint density at radius 2 is 1.76 bits per heavy atom. The van der Waals surface area contributed by atoms with Gasteiger partial charge in [-0.3, -0.25) is 14.5 Å². The molecule has 10 nitrogen and oxygen atoms in total. The maximum atomic E-state index is 15.3. The molecule has 1 saturated heterocycles. The van der Waals surface area contributed by atoms with Crippen molar-refractivity contribution in [2.24, 2.45) is 0 Å². The number of carbonyl (C=O) groups is 3. The van der Waals surface area contributed by atoms with Gasteiger partial charge in [0.1, 0.15) is 66.8 Å². The van der Waals surface area contributed by atoms with E-state index in [1.165, 1.54) is 21.0 Å². The summed E-state index contributed by atoms with van der Waals surface area (Å²) in [4.78, 5) is 41.5. The maximum Gasteiger partial charge on any atom is 0.238 e. The average Bonchev–Trinajstić information content (AvgIpc) is 2.95. The number of rotatable bonds is 13. The molecule has 0 aliphatic carbocycles. The number of hydrogen-bond acceptors (Lipinski definition) is 8. The van der Waals surface area contributed by atoms with E-state index in [1.807, 2.05) is 19.9 Å². The molecule has 45 heavy (non-hydrogen) atoms. The Labute approximate surface area is 269 Å². The fraction of sp³-hybridized carbons (Fsp3) is 0.483. The number of ether oxygens (including phenoxy) is 2. The second kappa shape index (κ2) is 13.7. The van der Waals surface area contributed by atoms with Crippen LogP contribution in [-0.4, -0.2) is 127 Å². The number of carbonyl (C=O) groups excluding carboxylic acids is 3. The van der Waals surface area contributed by atoms with E-state index in [1.54, 1.807) is 46.9 Å². The Hall–Kier alpha value is -3.06. The van der Waals surface area contributed by atoms with Crippen molar-refractivity contribution in [1.82, 2.24) is 15.1 Å². The van der Waals surface area contributed by atoms with Crippen LogP contribution in [0.1, 0.15) is 36.1 Å². The van der Waals surface area contributed by atoms with Crippen LogP contribution in [0.4, 0.5) is 4.39 Å². The third-order valence-corrected chi connectivity index (χ3v) is 9.27. The molecule has 2 aromatic carbocycles. The van der Waals surface area contributed by atoms with Crippen molar-refractivity contribution in [2.45, 2.75) is 67.9 Å². The molecule has 2 amide bonds. The van der Waals surface area contributed by atoms with E-state index in [0.29, 0.717) is 35.4 Å². The first kappa shape index (κ1) is 36.4. The lowest BCUT2D eigenvalue weighted by atomic mass is 9.42. The highest BCUT2D eigenvalue weighted by Crippen LogP contribution is 2.40. The fourth-order valence-corrected chi connectivity index (χ4v) is 6.51. The smallest absolute Gasteiger partial charge is 0.238 e. The van der Waals surface area contributed by atoms with Crippen LogP contribution in [0.25, 0.3) is 0 Å². The number of halogens is 1. The molecule has 5 atom stereocenters. The molecular formula is C29H43B5FN3O7. The Bertz CT molecular complexity index is 1410. The largest absolute Gasteiger partial charge is 0.488 e. The summed E-state index contributed by atoms with van der Waals surface area (Å²) in [6.07, 6.45) is 0.740. The molecule has 5 unspecified atom stereocenters. The van der Waals surface area contributed by atoms with Crippen molar-refractivity contribution >= 4 is 57.8 Å². The summed E-state index contributed by atoms with van der Waals surface area (Å²) >= 11 is 0. The van der Waals surface area contributed by atoms with Crippen molar-refractivity contribution in [3.8, 4) is 5.75 Å². The van der Waals surface area contributed by atoms with E-state index in [4.69, 9.17) is 9.47 Å². The van der Waals surface area contributed by atoms with Gasteiger partial charge in [-0.25, -0.2) is 4.39 Å². The highest BCUT2D eigenvalue weighted by molar-refractivity contribution is 6.45. The number of aldehydes is 1. The van der Waals surface area contributed by atoms with Crippen LogP contribution in [-0.2, 0) is 37.6 Å². The Balaban J connectivity index is 1.96. The van der Waals surface area contributed by atoms with Crippen LogP contribution in [0.3, 0.4) is 0 Å². The minimum Gasteiger partial charge on any atom is -0.488 e. The van der Waals surface area contributed by atoms with Gasteiger partial charge in [-0.15, -0.1) is 0 Å². The van der Waals surface area contributed by atoms with Crippen LogP contribution in [0.15, 0.2) is 36.4 Å². The van der Waals surface area contributed by atoms with Gasteiger partial charge < -0.3 is 34.7 Å². The first-order valence-corrected chi connectivity index (χ1v) is 15.1. The van der Waals surface area contributed by atoms with Gasteiger partial charge in [-0.2, -0.15) is 0 Å². The first-order chi connectivity index (χ1) is 20.9. The van der Waals surface area contributed by atoms with E-state index in [2.05, 4.69) is 10.2 Å². The summed E-state index contributed by atoms with van der Waals surface area (Å²) in [5.74, 6) is -0.897. The summed E-state index contributed by atoms with van der Waals surface area (Å²) in [5.41, 5.74) is -4.68. The second-order valence-electron chi connectivity index (χ2n) is 13.1. The van der Waals surface area contributed by atoms with Gasteiger partial charge >= 0.3 is 0 Å². The summed E-state index contributed by atoms with van der Waals surface area (Å²) in [7, 11) is 8.13. The van der Waals surface area contributed by atoms with Gasteiger partial charge in [0.25, 0.3) is 0 Å². The Morgan fingerprint density at radius 1 is 1.13 bits per heavy atom. The van der Waals surface area contributed by atoms with E-state index < -0.39 is 33.5 Å². The van der Waals surface area contributed by atoms with Crippen molar-refractivity contribution in [3.63, 3.8) is 0 Å². The maximum absolute atomic E-state index is 15.3. The van der Waals surface area contributed by atoms with Gasteiger partial charge in [0.15, 0.2) is 7.85 Å². The molecule has 3 rings (SSSR count). The van der Waals surface area contributed by atoms with Crippen LogP contribution < -0.4 is 10.1 Å². The summed E-state index contributed by atoms with van der Waals surface area (Å²) in [6, 6.07) is 10.3. The van der Waals surface area contributed by atoms with Crippen molar-refractivity contribution in [1.29, 1.82) is 0 Å². The first-order valence-electron chi connectivity index (χ1n) is 15.1. The zero-order valence-corrected chi connectivity index (χ0v) is 27.8. The zero-order chi connectivity index (χ0) is 34.0. The monoisotopic (exact) mass is 619 g/mol. The standard InChI is InChI=1S/C29H43B5FN3O7/c1-17-6-5-7-23(44-14-21-9-8-20(10-22(21)35)13-37-11-18(2)45-19(3)12-37)24(17)28(32,33)38(16-40)27(31,25(41)36-4)29(34,43)26(30,42)15-39/h5-10,15-16,18-19,42-43H,11-14,30-34H2,1-4H3,(H,36,41). The summed E-state index contributed by atoms with van der Waals surface area (Å²) in [6.45, 7) is 7.86. The average molecular weight is 619 g/mol. The molecular weight excluding hydrogens is 575 g/mol. The molecule has 0 saturated carbocycles. The zero-order valence-electron chi connectivity index (χ0n) is 27.8. The third kappa shape index (κ3) is 7.04. The summed E-state index contributed by atoms with van der Waals surface area (Å²) < 4.78 is 27.3. The molecule has 2 aromatic rings. The van der Waals surface area contributed by atoms with Gasteiger partial charge in [0.2, 0.25) is 12.3 Å². The lowest BCUT2D eigenvalue weighted by Gasteiger charge is -2.57. The number of benzene rings is 2. The Kier molecular flexibility index (Phi) is 11.1. The number of aryl methyl sites for hydroxylation is 1. The van der Waals surface area contributed by atoms with E-state index >= 15 is 4.39 Å².